The van der Waals surface area contributed by atoms with Gasteiger partial charge in [0.2, 0.25) is 0 Å². The molecule has 0 saturated heterocycles. The Morgan fingerprint density at radius 1 is 1.27 bits per heavy atom. The molecule has 1 aromatic carbocycles. The average molecular weight is 350 g/mol. The highest BCUT2D eigenvalue weighted by Crippen LogP contribution is 2.28. The van der Waals surface area contributed by atoms with Crippen LogP contribution >= 0.6 is 0 Å². The summed E-state index contributed by atoms with van der Waals surface area (Å²) in [4.78, 5) is 23.9. The molecule has 26 heavy (non-hydrogen) atoms. The average Bonchev–Trinajstić information content (AvgIpc) is 3.23. The number of aromatic amines is 2. The third-order valence-corrected chi connectivity index (χ3v) is 4.13. The van der Waals surface area contributed by atoms with E-state index in [-0.39, 0.29) is 17.8 Å². The molecule has 1 atom stereocenters. The zero-order valence-corrected chi connectivity index (χ0v) is 14.4. The zero-order valence-electron chi connectivity index (χ0n) is 14.4. The molecule has 0 aliphatic carbocycles. The predicted octanol–water partition coefficient (Wildman–Crippen LogP) is 2.27. The van der Waals surface area contributed by atoms with Gasteiger partial charge in [0.15, 0.2) is 5.82 Å². The Morgan fingerprint density at radius 2 is 2.08 bits per heavy atom. The Morgan fingerprint density at radius 3 is 2.85 bits per heavy atom. The van der Waals surface area contributed by atoms with Gasteiger partial charge in [0.05, 0.1) is 23.2 Å². The number of methoxy groups -OCH3 is 1. The van der Waals surface area contributed by atoms with Gasteiger partial charge in [0, 0.05) is 36.5 Å². The lowest BCUT2D eigenvalue weighted by Crippen LogP contribution is -2.36. The first-order valence-electron chi connectivity index (χ1n) is 8.23. The SMILES string of the molecule is COC[C@@H](C)NC(=O)c1nc2cc3c(-c4ccncc4)n[nH]c3cc2[nH]1. The zero-order chi connectivity index (χ0) is 18.1. The highest BCUT2D eigenvalue weighted by molar-refractivity contribution is 6.02. The van der Waals surface area contributed by atoms with Gasteiger partial charge in [0.25, 0.3) is 5.91 Å². The number of rotatable bonds is 5. The summed E-state index contributed by atoms with van der Waals surface area (Å²) in [7, 11) is 1.60. The molecule has 0 fully saturated rings. The fourth-order valence-electron chi connectivity index (χ4n) is 2.94. The summed E-state index contributed by atoms with van der Waals surface area (Å²) in [5.41, 5.74) is 4.14. The highest BCUT2D eigenvalue weighted by atomic mass is 16.5. The number of carbonyl (C=O) groups is 1. The van der Waals surface area contributed by atoms with Gasteiger partial charge in [-0.25, -0.2) is 4.98 Å². The number of fused-ring (bicyclic) bond motifs is 2. The third kappa shape index (κ3) is 2.91. The molecular formula is C18H18N6O2. The Bertz CT molecular complexity index is 1070. The molecule has 3 aromatic heterocycles. The van der Waals surface area contributed by atoms with E-state index in [2.05, 4.69) is 30.5 Å². The molecule has 132 valence electrons. The van der Waals surface area contributed by atoms with Crippen molar-refractivity contribution >= 4 is 27.8 Å². The van der Waals surface area contributed by atoms with Crippen molar-refractivity contribution in [2.45, 2.75) is 13.0 Å². The molecule has 0 aliphatic rings. The molecule has 8 nitrogen and oxygen atoms in total. The lowest BCUT2D eigenvalue weighted by atomic mass is 10.1. The maximum atomic E-state index is 12.3. The molecular weight excluding hydrogens is 332 g/mol. The van der Waals surface area contributed by atoms with Crippen LogP contribution in [0.15, 0.2) is 36.7 Å². The van der Waals surface area contributed by atoms with Crippen LogP contribution in [0.5, 0.6) is 0 Å². The molecule has 0 spiro atoms. The minimum atomic E-state index is -0.262. The van der Waals surface area contributed by atoms with Gasteiger partial charge >= 0.3 is 0 Å². The van der Waals surface area contributed by atoms with Crippen LogP contribution in [-0.2, 0) is 4.74 Å². The Balaban J connectivity index is 1.72. The lowest BCUT2D eigenvalue weighted by Gasteiger charge is -2.10. The second kappa shape index (κ2) is 6.57. The topological polar surface area (TPSA) is 109 Å². The van der Waals surface area contributed by atoms with Gasteiger partial charge in [-0.15, -0.1) is 0 Å². The molecule has 3 N–H and O–H groups in total. The van der Waals surface area contributed by atoms with Crippen molar-refractivity contribution in [3.8, 4) is 11.3 Å². The van der Waals surface area contributed by atoms with E-state index >= 15 is 0 Å². The molecule has 0 bridgehead atoms. The van der Waals surface area contributed by atoms with Gasteiger partial charge in [-0.3, -0.25) is 14.9 Å². The normalized spacial score (nSPS) is 12.5. The van der Waals surface area contributed by atoms with Gasteiger partial charge < -0.3 is 15.0 Å². The van der Waals surface area contributed by atoms with E-state index in [0.29, 0.717) is 12.1 Å². The standard InChI is InChI=1S/C18H18N6O2/c1-10(9-26-2)20-18(25)17-21-14-7-12-13(8-15(14)22-17)23-24-16(12)11-3-5-19-6-4-11/h3-8,10H,9H2,1-2H3,(H,20,25)(H,21,22)(H,23,24)/t10-/m1/s1. The van der Waals surface area contributed by atoms with E-state index in [4.69, 9.17) is 4.74 Å². The Labute approximate surface area is 149 Å². The van der Waals surface area contributed by atoms with Crippen molar-refractivity contribution in [2.24, 2.45) is 0 Å². The molecule has 4 aromatic rings. The van der Waals surface area contributed by atoms with E-state index in [9.17, 15) is 4.79 Å². The summed E-state index contributed by atoms with van der Waals surface area (Å²) in [6.07, 6.45) is 3.46. The molecule has 4 rings (SSSR count). The third-order valence-electron chi connectivity index (χ3n) is 4.13. The molecule has 0 saturated carbocycles. The number of hydrogen-bond donors (Lipinski definition) is 3. The van der Waals surface area contributed by atoms with Crippen LogP contribution in [0.2, 0.25) is 0 Å². The number of hydrogen-bond acceptors (Lipinski definition) is 5. The summed E-state index contributed by atoms with van der Waals surface area (Å²) in [5.74, 6) is 0.0101. The summed E-state index contributed by atoms with van der Waals surface area (Å²) in [6, 6.07) is 7.54. The van der Waals surface area contributed by atoms with Gasteiger partial charge in [-0.1, -0.05) is 0 Å². The number of ether oxygens (including phenoxy) is 1. The van der Waals surface area contributed by atoms with Crippen LogP contribution in [0.25, 0.3) is 33.2 Å². The van der Waals surface area contributed by atoms with Crippen LogP contribution in [0, 0.1) is 0 Å². The maximum Gasteiger partial charge on any atom is 0.287 e. The molecule has 0 unspecified atom stereocenters. The van der Waals surface area contributed by atoms with Crippen molar-refractivity contribution in [1.29, 1.82) is 0 Å². The second-order valence-electron chi connectivity index (χ2n) is 6.14. The van der Waals surface area contributed by atoms with Gasteiger partial charge in [0.1, 0.15) is 5.69 Å². The van der Waals surface area contributed by atoms with Crippen molar-refractivity contribution in [3.63, 3.8) is 0 Å². The summed E-state index contributed by atoms with van der Waals surface area (Å²) < 4.78 is 5.04. The first-order chi connectivity index (χ1) is 12.7. The van der Waals surface area contributed by atoms with E-state index < -0.39 is 0 Å². The smallest absolute Gasteiger partial charge is 0.287 e. The predicted molar refractivity (Wildman–Crippen MR) is 97.8 cm³/mol. The van der Waals surface area contributed by atoms with Crippen LogP contribution < -0.4 is 5.32 Å². The first kappa shape index (κ1) is 16.2. The molecule has 0 radical (unpaired) electrons. The minimum absolute atomic E-state index is 0.0992. The van der Waals surface area contributed by atoms with E-state index in [1.54, 1.807) is 19.5 Å². The number of pyridine rings is 1. The number of benzene rings is 1. The number of amides is 1. The maximum absolute atomic E-state index is 12.3. The first-order valence-corrected chi connectivity index (χ1v) is 8.23. The molecule has 8 heteroatoms. The summed E-state index contributed by atoms with van der Waals surface area (Å²) in [6.45, 7) is 2.32. The van der Waals surface area contributed by atoms with Crippen LogP contribution in [0.1, 0.15) is 17.5 Å². The number of aromatic nitrogens is 5. The van der Waals surface area contributed by atoms with Crippen molar-refractivity contribution in [1.82, 2.24) is 30.5 Å². The number of nitrogens with one attached hydrogen (secondary N) is 3. The molecule has 3 heterocycles. The number of H-pyrrole nitrogens is 2. The van der Waals surface area contributed by atoms with E-state index in [1.165, 1.54) is 0 Å². The quantitative estimate of drug-likeness (QED) is 0.512. The number of nitrogens with zero attached hydrogens (tertiary/aromatic N) is 3. The van der Waals surface area contributed by atoms with E-state index in [1.807, 2.05) is 31.2 Å². The Hall–Kier alpha value is -3.26. The molecule has 0 aliphatic heterocycles. The minimum Gasteiger partial charge on any atom is -0.383 e. The fourth-order valence-corrected chi connectivity index (χ4v) is 2.94. The van der Waals surface area contributed by atoms with E-state index in [0.717, 1.165) is 27.7 Å². The molecule has 1 amide bonds. The second-order valence-corrected chi connectivity index (χ2v) is 6.14. The van der Waals surface area contributed by atoms with Crippen molar-refractivity contribution < 1.29 is 9.53 Å². The monoisotopic (exact) mass is 350 g/mol. The van der Waals surface area contributed by atoms with Crippen molar-refractivity contribution in [3.05, 3.63) is 42.5 Å². The number of imidazole rings is 1. The summed E-state index contributed by atoms with van der Waals surface area (Å²) >= 11 is 0. The largest absolute Gasteiger partial charge is 0.383 e. The van der Waals surface area contributed by atoms with Crippen molar-refractivity contribution in [2.75, 3.05) is 13.7 Å². The van der Waals surface area contributed by atoms with Gasteiger partial charge in [-0.2, -0.15) is 5.10 Å². The Kier molecular flexibility index (Phi) is 4.10. The van der Waals surface area contributed by atoms with Crippen LogP contribution in [-0.4, -0.2) is 50.8 Å². The summed E-state index contributed by atoms with van der Waals surface area (Å²) in [5, 5.41) is 11.2. The fraction of sp³-hybridized carbons (Fsp3) is 0.222. The van der Waals surface area contributed by atoms with Gasteiger partial charge in [-0.05, 0) is 31.2 Å². The number of carbonyl (C=O) groups excluding carboxylic acids is 1. The lowest BCUT2D eigenvalue weighted by molar-refractivity contribution is 0.0896. The van der Waals surface area contributed by atoms with Crippen LogP contribution in [0.4, 0.5) is 0 Å². The van der Waals surface area contributed by atoms with Crippen LogP contribution in [0.3, 0.4) is 0 Å². The highest BCUT2D eigenvalue weighted by Gasteiger charge is 2.16.